The second kappa shape index (κ2) is 9.48. The number of imidazole rings is 1. The summed E-state index contributed by atoms with van der Waals surface area (Å²) in [5, 5.41) is 0. The van der Waals surface area contributed by atoms with Gasteiger partial charge in [-0.15, -0.1) is 0 Å². The van der Waals surface area contributed by atoms with Crippen LogP contribution < -0.4 is 5.73 Å². The number of hydrogen-bond donors (Lipinski definition) is 2. The Kier molecular flexibility index (Phi) is 6.31. The summed E-state index contributed by atoms with van der Waals surface area (Å²) in [7, 11) is 3.97. The van der Waals surface area contributed by atoms with E-state index in [4.69, 9.17) is 10.7 Å². The number of nitrogen functional groups attached to an aromatic ring is 1. The molecular weight excluding hydrogens is 410 g/mol. The van der Waals surface area contributed by atoms with Gasteiger partial charge in [-0.05, 0) is 54.5 Å². The Morgan fingerprint density at radius 2 is 1.94 bits per heavy atom. The summed E-state index contributed by atoms with van der Waals surface area (Å²) < 4.78 is 0. The van der Waals surface area contributed by atoms with E-state index in [-0.39, 0.29) is 0 Å². The van der Waals surface area contributed by atoms with Crippen molar-refractivity contribution in [2.45, 2.75) is 13.3 Å². The Bertz CT molecular complexity index is 1350. The van der Waals surface area contributed by atoms with Crippen LogP contribution in [-0.2, 0) is 6.42 Å². The van der Waals surface area contributed by atoms with E-state index >= 15 is 0 Å². The minimum atomic E-state index is 0.550. The van der Waals surface area contributed by atoms with Crippen molar-refractivity contribution in [3.05, 3.63) is 96.6 Å². The first-order chi connectivity index (χ1) is 16.0. The van der Waals surface area contributed by atoms with Crippen LogP contribution in [0, 0.1) is 0 Å². The standard InChI is InChI=1S/C26H27N7/c1-5-17(13-20(6-2)33(3)4)23-14-19(21(27)16-30-23)15-24-31-22-9-12-29-25(26(22)32-24)18-7-10-28-11-8-18/h5-14,16H,2,15,27H2,1,3-4H3,(H,31,32)/b17-5+,20-13+. The number of aromatic amines is 1. The number of likely N-dealkylation sites (N-methyl/N-ethyl adjacent to an activating group) is 1. The van der Waals surface area contributed by atoms with Gasteiger partial charge in [0.1, 0.15) is 11.3 Å². The number of rotatable bonds is 7. The zero-order chi connectivity index (χ0) is 23.4. The van der Waals surface area contributed by atoms with Crippen molar-refractivity contribution in [2.75, 3.05) is 19.8 Å². The van der Waals surface area contributed by atoms with Crippen LogP contribution in [0.2, 0.25) is 0 Å². The van der Waals surface area contributed by atoms with Gasteiger partial charge in [-0.2, -0.15) is 0 Å². The fourth-order valence-corrected chi connectivity index (χ4v) is 3.63. The number of pyridine rings is 3. The average Bonchev–Trinajstić information content (AvgIpc) is 3.24. The van der Waals surface area contributed by atoms with E-state index < -0.39 is 0 Å². The van der Waals surface area contributed by atoms with E-state index in [1.165, 1.54) is 0 Å². The van der Waals surface area contributed by atoms with Gasteiger partial charge in [0, 0.05) is 50.4 Å². The number of nitrogens with two attached hydrogens (primary N) is 1. The highest BCUT2D eigenvalue weighted by atomic mass is 15.1. The maximum absolute atomic E-state index is 6.29. The first-order valence-corrected chi connectivity index (χ1v) is 10.7. The van der Waals surface area contributed by atoms with E-state index in [1.54, 1.807) is 24.8 Å². The zero-order valence-electron chi connectivity index (χ0n) is 19.1. The maximum atomic E-state index is 6.29. The second-order valence-electron chi connectivity index (χ2n) is 7.83. The Morgan fingerprint density at radius 3 is 2.64 bits per heavy atom. The van der Waals surface area contributed by atoms with Gasteiger partial charge in [0.15, 0.2) is 0 Å². The summed E-state index contributed by atoms with van der Waals surface area (Å²) in [5.41, 5.74) is 14.3. The molecule has 7 heteroatoms. The Morgan fingerprint density at radius 1 is 1.15 bits per heavy atom. The van der Waals surface area contributed by atoms with E-state index in [1.807, 2.05) is 62.3 Å². The fourth-order valence-electron chi connectivity index (χ4n) is 3.63. The molecule has 0 unspecified atom stereocenters. The van der Waals surface area contributed by atoms with E-state index in [2.05, 4.69) is 32.6 Å². The van der Waals surface area contributed by atoms with Gasteiger partial charge in [0.25, 0.3) is 0 Å². The van der Waals surface area contributed by atoms with Crippen molar-refractivity contribution in [3.8, 4) is 11.3 Å². The molecule has 4 aromatic heterocycles. The van der Waals surface area contributed by atoms with Crippen LogP contribution in [0.5, 0.6) is 0 Å². The van der Waals surface area contributed by atoms with Gasteiger partial charge in [0.2, 0.25) is 0 Å². The maximum Gasteiger partial charge on any atom is 0.115 e. The Balaban J connectivity index is 1.69. The molecule has 3 N–H and O–H groups in total. The van der Waals surface area contributed by atoms with Crippen molar-refractivity contribution in [3.63, 3.8) is 0 Å². The number of anilines is 1. The van der Waals surface area contributed by atoms with Gasteiger partial charge >= 0.3 is 0 Å². The summed E-state index contributed by atoms with van der Waals surface area (Å²) in [6.07, 6.45) is 13.5. The van der Waals surface area contributed by atoms with Crippen LogP contribution in [0.3, 0.4) is 0 Å². The van der Waals surface area contributed by atoms with Gasteiger partial charge in [-0.1, -0.05) is 12.7 Å². The molecule has 0 saturated carbocycles. The molecule has 4 aromatic rings. The minimum Gasteiger partial charge on any atom is -0.397 e. The second-order valence-corrected chi connectivity index (χ2v) is 7.83. The molecule has 0 spiro atoms. The molecule has 0 atom stereocenters. The molecule has 0 aromatic carbocycles. The molecule has 0 saturated heterocycles. The number of hydrogen-bond acceptors (Lipinski definition) is 6. The first kappa shape index (κ1) is 22.0. The quantitative estimate of drug-likeness (QED) is 0.410. The molecule has 33 heavy (non-hydrogen) atoms. The Hall–Kier alpha value is -4.26. The van der Waals surface area contributed by atoms with Crippen molar-refractivity contribution in [2.24, 2.45) is 0 Å². The number of aromatic nitrogens is 5. The lowest BCUT2D eigenvalue weighted by Crippen LogP contribution is -2.09. The molecule has 7 nitrogen and oxygen atoms in total. The normalized spacial score (nSPS) is 12.2. The SMILES string of the molecule is C=C/C(=C\C(=C/C)c1cc(Cc2nc3c(-c4ccncc4)nccc3[nH]2)c(N)cn1)N(C)C. The fraction of sp³-hybridized carbons (Fsp3) is 0.154. The smallest absolute Gasteiger partial charge is 0.115 e. The van der Waals surface area contributed by atoms with Gasteiger partial charge in [-0.3, -0.25) is 15.0 Å². The summed E-state index contributed by atoms with van der Waals surface area (Å²) in [6, 6.07) is 7.81. The van der Waals surface area contributed by atoms with Crippen molar-refractivity contribution in [1.82, 2.24) is 29.8 Å². The van der Waals surface area contributed by atoms with E-state index in [0.29, 0.717) is 12.1 Å². The lowest BCUT2D eigenvalue weighted by molar-refractivity contribution is 0.530. The summed E-state index contributed by atoms with van der Waals surface area (Å²) in [6.45, 7) is 5.89. The van der Waals surface area contributed by atoms with Crippen molar-refractivity contribution in [1.29, 1.82) is 0 Å². The number of fused-ring (bicyclic) bond motifs is 1. The lowest BCUT2D eigenvalue weighted by Gasteiger charge is -2.15. The van der Waals surface area contributed by atoms with Crippen LogP contribution in [0.15, 0.2) is 79.6 Å². The summed E-state index contributed by atoms with van der Waals surface area (Å²) in [5.74, 6) is 0.815. The molecule has 0 aliphatic rings. The molecular formula is C26H27N7. The third-order valence-corrected chi connectivity index (χ3v) is 5.42. The monoisotopic (exact) mass is 437 g/mol. The zero-order valence-corrected chi connectivity index (χ0v) is 19.1. The molecule has 0 bridgehead atoms. The summed E-state index contributed by atoms with van der Waals surface area (Å²) in [4.78, 5) is 23.5. The predicted molar refractivity (Wildman–Crippen MR) is 134 cm³/mol. The molecule has 166 valence electrons. The highest BCUT2D eigenvalue weighted by molar-refractivity contribution is 5.89. The third-order valence-electron chi connectivity index (χ3n) is 5.42. The molecule has 0 radical (unpaired) electrons. The molecule has 0 fully saturated rings. The molecule has 0 aliphatic carbocycles. The van der Waals surface area contributed by atoms with Crippen LogP contribution >= 0.6 is 0 Å². The number of nitrogens with one attached hydrogen (secondary N) is 1. The van der Waals surface area contributed by atoms with Gasteiger partial charge < -0.3 is 15.6 Å². The van der Waals surface area contributed by atoms with Crippen LogP contribution in [0.4, 0.5) is 5.69 Å². The van der Waals surface area contributed by atoms with Crippen LogP contribution in [0.25, 0.3) is 27.9 Å². The predicted octanol–water partition coefficient (Wildman–Crippen LogP) is 4.62. The number of nitrogens with zero attached hydrogens (tertiary/aromatic N) is 5. The minimum absolute atomic E-state index is 0.550. The van der Waals surface area contributed by atoms with Gasteiger partial charge in [-0.25, -0.2) is 4.98 Å². The van der Waals surface area contributed by atoms with E-state index in [9.17, 15) is 0 Å². The van der Waals surface area contributed by atoms with E-state index in [0.717, 1.165) is 50.6 Å². The third kappa shape index (κ3) is 4.67. The van der Waals surface area contributed by atoms with Crippen LogP contribution in [0.1, 0.15) is 24.0 Å². The Labute approximate surface area is 193 Å². The molecule has 4 rings (SSSR count). The van der Waals surface area contributed by atoms with Crippen molar-refractivity contribution >= 4 is 22.3 Å². The first-order valence-electron chi connectivity index (χ1n) is 10.7. The highest BCUT2D eigenvalue weighted by Crippen LogP contribution is 2.26. The number of H-pyrrole nitrogens is 1. The van der Waals surface area contributed by atoms with Gasteiger partial charge in [0.05, 0.1) is 28.8 Å². The highest BCUT2D eigenvalue weighted by Gasteiger charge is 2.13. The summed E-state index contributed by atoms with van der Waals surface area (Å²) >= 11 is 0. The number of allylic oxidation sites excluding steroid dienone is 4. The topological polar surface area (TPSA) is 96.6 Å². The van der Waals surface area contributed by atoms with Crippen LogP contribution in [-0.4, -0.2) is 43.9 Å². The lowest BCUT2D eigenvalue weighted by atomic mass is 10.0. The van der Waals surface area contributed by atoms with Crippen molar-refractivity contribution < 1.29 is 0 Å². The average molecular weight is 438 g/mol. The largest absolute Gasteiger partial charge is 0.397 e. The molecule has 0 aliphatic heterocycles. The molecule has 4 heterocycles. The molecule has 0 amide bonds.